The molecule has 2 aromatic carbocycles. The zero-order chi connectivity index (χ0) is 20.6. The van der Waals surface area contributed by atoms with Crippen LogP contribution in [0.25, 0.3) is 0 Å². The summed E-state index contributed by atoms with van der Waals surface area (Å²) < 4.78 is 11.3. The van der Waals surface area contributed by atoms with Crippen LogP contribution in [0.15, 0.2) is 42.5 Å². The maximum atomic E-state index is 12.7. The Morgan fingerprint density at radius 3 is 2.31 bits per heavy atom. The summed E-state index contributed by atoms with van der Waals surface area (Å²) in [5, 5.41) is 3.10. The van der Waals surface area contributed by atoms with E-state index in [1.165, 1.54) is 11.3 Å². The first-order valence-corrected chi connectivity index (χ1v) is 10.6. The molecule has 0 saturated carbocycles. The average molecular weight is 397 g/mol. The molecule has 1 heterocycles. The Morgan fingerprint density at radius 1 is 1.00 bits per heavy atom. The van der Waals surface area contributed by atoms with E-state index in [9.17, 15) is 4.79 Å². The molecule has 3 rings (SSSR count). The minimum absolute atomic E-state index is 0.0748. The summed E-state index contributed by atoms with van der Waals surface area (Å²) >= 11 is 0. The Morgan fingerprint density at radius 2 is 1.66 bits per heavy atom. The maximum Gasteiger partial charge on any atom is 0.223 e. The number of carbonyl (C=O) groups is 1. The van der Waals surface area contributed by atoms with Crippen LogP contribution < -0.4 is 19.7 Å². The van der Waals surface area contributed by atoms with Crippen molar-refractivity contribution >= 4 is 11.6 Å². The number of amides is 1. The zero-order valence-corrected chi connectivity index (χ0v) is 17.7. The fourth-order valence-electron chi connectivity index (χ4n) is 3.69. The smallest absolute Gasteiger partial charge is 0.223 e. The van der Waals surface area contributed by atoms with Crippen LogP contribution in [0.2, 0.25) is 0 Å². The van der Waals surface area contributed by atoms with Crippen molar-refractivity contribution in [2.75, 3.05) is 31.2 Å². The highest BCUT2D eigenvalue weighted by atomic mass is 16.5. The molecule has 5 heteroatoms. The minimum atomic E-state index is 0.0748. The second-order valence-electron chi connectivity index (χ2n) is 7.46. The summed E-state index contributed by atoms with van der Waals surface area (Å²) in [4.78, 5) is 15.0. The molecule has 0 radical (unpaired) electrons. The highest BCUT2D eigenvalue weighted by Crippen LogP contribution is 2.29. The van der Waals surface area contributed by atoms with Gasteiger partial charge in [0, 0.05) is 31.2 Å². The van der Waals surface area contributed by atoms with E-state index < -0.39 is 0 Å². The van der Waals surface area contributed by atoms with Crippen molar-refractivity contribution < 1.29 is 14.3 Å². The van der Waals surface area contributed by atoms with Crippen molar-refractivity contribution in [2.45, 2.75) is 40.2 Å². The summed E-state index contributed by atoms with van der Waals surface area (Å²) in [6, 6.07) is 14.5. The number of aryl methyl sites for hydroxylation is 1. The van der Waals surface area contributed by atoms with Crippen LogP contribution in [-0.2, 0) is 11.3 Å². The van der Waals surface area contributed by atoms with E-state index in [1.54, 1.807) is 0 Å². The Balaban J connectivity index is 1.51. The quantitative estimate of drug-likeness (QED) is 0.722. The van der Waals surface area contributed by atoms with E-state index in [0.29, 0.717) is 19.8 Å². The molecular weight excluding hydrogens is 364 g/mol. The van der Waals surface area contributed by atoms with Crippen LogP contribution in [0.5, 0.6) is 11.5 Å². The lowest BCUT2D eigenvalue weighted by atomic mass is 9.95. The van der Waals surface area contributed by atoms with Gasteiger partial charge in [0.2, 0.25) is 5.91 Å². The Hall–Kier alpha value is -2.69. The van der Waals surface area contributed by atoms with E-state index in [-0.39, 0.29) is 11.8 Å². The lowest BCUT2D eigenvalue weighted by Crippen LogP contribution is -2.40. The van der Waals surface area contributed by atoms with Gasteiger partial charge < -0.3 is 19.7 Å². The largest absolute Gasteiger partial charge is 0.490 e. The third-order valence-electron chi connectivity index (χ3n) is 5.34. The number of rotatable bonds is 8. The molecule has 0 spiro atoms. The highest BCUT2D eigenvalue weighted by molar-refractivity contribution is 5.79. The molecule has 1 amide bonds. The number of piperidine rings is 1. The van der Waals surface area contributed by atoms with Crippen molar-refractivity contribution in [1.29, 1.82) is 0 Å². The van der Waals surface area contributed by atoms with Crippen LogP contribution in [0, 0.1) is 12.8 Å². The SMILES string of the molecule is CCOc1ccc(CNC(=O)C2CCN(c3ccc(C)cc3)CC2)cc1OCC. The molecule has 156 valence electrons. The lowest BCUT2D eigenvalue weighted by Gasteiger charge is -2.33. The minimum Gasteiger partial charge on any atom is -0.490 e. The number of benzene rings is 2. The molecule has 0 unspecified atom stereocenters. The molecule has 1 N–H and O–H groups in total. The molecule has 0 atom stereocenters. The molecule has 29 heavy (non-hydrogen) atoms. The lowest BCUT2D eigenvalue weighted by molar-refractivity contribution is -0.125. The summed E-state index contributed by atoms with van der Waals surface area (Å²) in [5.41, 5.74) is 3.53. The number of anilines is 1. The van der Waals surface area contributed by atoms with Crippen LogP contribution in [-0.4, -0.2) is 32.2 Å². The van der Waals surface area contributed by atoms with Gasteiger partial charge in [-0.15, -0.1) is 0 Å². The standard InChI is InChI=1S/C24H32N2O3/c1-4-28-22-11-8-19(16-23(22)29-5-2)17-25-24(27)20-12-14-26(15-13-20)21-9-6-18(3)7-10-21/h6-11,16,20H,4-5,12-15,17H2,1-3H3,(H,25,27). The number of hydrogen-bond acceptors (Lipinski definition) is 4. The van der Waals surface area contributed by atoms with Crippen molar-refractivity contribution in [2.24, 2.45) is 5.92 Å². The Labute approximate surface area is 174 Å². The topological polar surface area (TPSA) is 50.8 Å². The molecule has 1 saturated heterocycles. The maximum absolute atomic E-state index is 12.7. The van der Waals surface area contributed by atoms with E-state index in [4.69, 9.17) is 9.47 Å². The monoisotopic (exact) mass is 396 g/mol. The fraction of sp³-hybridized carbons (Fsp3) is 0.458. The number of hydrogen-bond donors (Lipinski definition) is 1. The van der Waals surface area contributed by atoms with Crippen molar-refractivity contribution in [3.63, 3.8) is 0 Å². The van der Waals surface area contributed by atoms with Crippen LogP contribution in [0.1, 0.15) is 37.8 Å². The fourth-order valence-corrected chi connectivity index (χ4v) is 3.69. The van der Waals surface area contributed by atoms with Crippen molar-refractivity contribution in [3.8, 4) is 11.5 Å². The van der Waals surface area contributed by atoms with Gasteiger partial charge in [0.05, 0.1) is 13.2 Å². The molecule has 1 aliphatic rings. The van der Waals surface area contributed by atoms with Crippen molar-refractivity contribution in [3.05, 3.63) is 53.6 Å². The molecule has 5 nitrogen and oxygen atoms in total. The van der Waals surface area contributed by atoms with E-state index in [1.807, 2.05) is 32.0 Å². The van der Waals surface area contributed by atoms with Gasteiger partial charge in [-0.05, 0) is 63.4 Å². The number of ether oxygens (including phenoxy) is 2. The normalized spacial score (nSPS) is 14.5. The number of nitrogens with one attached hydrogen (secondary N) is 1. The molecule has 1 aliphatic heterocycles. The zero-order valence-electron chi connectivity index (χ0n) is 17.7. The van der Waals surface area contributed by atoms with Crippen molar-refractivity contribution in [1.82, 2.24) is 5.32 Å². The molecule has 0 aliphatic carbocycles. The van der Waals surface area contributed by atoms with Crippen LogP contribution in [0.4, 0.5) is 5.69 Å². The van der Waals surface area contributed by atoms with Crippen LogP contribution >= 0.6 is 0 Å². The van der Waals surface area contributed by atoms with Gasteiger partial charge in [0.15, 0.2) is 11.5 Å². The summed E-state index contributed by atoms with van der Waals surface area (Å²) in [7, 11) is 0. The molecule has 2 aromatic rings. The van der Waals surface area contributed by atoms with Gasteiger partial charge in [-0.3, -0.25) is 4.79 Å². The number of carbonyl (C=O) groups excluding carboxylic acids is 1. The third kappa shape index (κ3) is 5.66. The molecule has 1 fully saturated rings. The predicted molar refractivity (Wildman–Crippen MR) is 117 cm³/mol. The van der Waals surface area contributed by atoms with Gasteiger partial charge in [-0.1, -0.05) is 23.8 Å². The summed E-state index contributed by atoms with van der Waals surface area (Å²) in [5.74, 6) is 1.69. The van der Waals surface area contributed by atoms with Gasteiger partial charge in [-0.2, -0.15) is 0 Å². The Bertz CT molecular complexity index is 796. The van der Waals surface area contributed by atoms with E-state index >= 15 is 0 Å². The number of nitrogens with zero attached hydrogens (tertiary/aromatic N) is 1. The summed E-state index contributed by atoms with van der Waals surface area (Å²) in [6.45, 7) is 9.51. The second kappa shape index (κ2) is 10.2. The van der Waals surface area contributed by atoms with Gasteiger partial charge in [-0.25, -0.2) is 0 Å². The summed E-state index contributed by atoms with van der Waals surface area (Å²) in [6.07, 6.45) is 1.76. The first kappa shape index (κ1) is 21.0. The first-order chi connectivity index (χ1) is 14.1. The first-order valence-electron chi connectivity index (χ1n) is 10.6. The van der Waals surface area contributed by atoms with Crippen LogP contribution in [0.3, 0.4) is 0 Å². The average Bonchev–Trinajstić information content (AvgIpc) is 2.74. The Kier molecular flexibility index (Phi) is 7.39. The molecule has 0 bridgehead atoms. The van der Waals surface area contributed by atoms with Gasteiger partial charge in [0.1, 0.15) is 0 Å². The van der Waals surface area contributed by atoms with E-state index in [0.717, 1.165) is 43.0 Å². The van der Waals surface area contributed by atoms with Gasteiger partial charge >= 0.3 is 0 Å². The predicted octanol–water partition coefficient (Wildman–Crippen LogP) is 4.33. The highest BCUT2D eigenvalue weighted by Gasteiger charge is 2.25. The van der Waals surface area contributed by atoms with E-state index in [2.05, 4.69) is 41.4 Å². The second-order valence-corrected chi connectivity index (χ2v) is 7.46. The third-order valence-corrected chi connectivity index (χ3v) is 5.34. The van der Waals surface area contributed by atoms with Gasteiger partial charge in [0.25, 0.3) is 0 Å². The molecule has 0 aromatic heterocycles. The molecular formula is C24H32N2O3.